The van der Waals surface area contributed by atoms with E-state index in [0.29, 0.717) is 6.61 Å². The molecule has 5 nitrogen and oxygen atoms in total. The third kappa shape index (κ3) is 4.41. The molecule has 0 spiro atoms. The van der Waals surface area contributed by atoms with E-state index in [9.17, 15) is 4.79 Å². The molecule has 0 heterocycles. The predicted octanol–water partition coefficient (Wildman–Crippen LogP) is 3.17. The second-order valence-corrected chi connectivity index (χ2v) is 5.02. The standard InChI is InChI=1S/C17H21N3O2/c1-13-4-6-14(7-5-13)12-22-16-10-8-15(9-11-16)19-20(3)17(21)18-2/h4-11,19H,12H2,1-3H3,(H,18,21). The van der Waals surface area contributed by atoms with Crippen LogP contribution in [0.5, 0.6) is 5.75 Å². The van der Waals surface area contributed by atoms with Gasteiger partial charge in [-0.25, -0.2) is 9.80 Å². The van der Waals surface area contributed by atoms with E-state index in [1.54, 1.807) is 14.1 Å². The first-order valence-corrected chi connectivity index (χ1v) is 7.09. The van der Waals surface area contributed by atoms with Gasteiger partial charge in [-0.3, -0.25) is 5.43 Å². The van der Waals surface area contributed by atoms with Crippen LogP contribution in [-0.2, 0) is 6.61 Å². The summed E-state index contributed by atoms with van der Waals surface area (Å²) < 4.78 is 5.74. The van der Waals surface area contributed by atoms with Crippen LogP contribution in [0.1, 0.15) is 11.1 Å². The van der Waals surface area contributed by atoms with Gasteiger partial charge in [-0.15, -0.1) is 0 Å². The van der Waals surface area contributed by atoms with E-state index >= 15 is 0 Å². The molecule has 2 aromatic rings. The number of amides is 2. The van der Waals surface area contributed by atoms with Crippen LogP contribution in [0, 0.1) is 6.92 Å². The van der Waals surface area contributed by atoms with E-state index in [2.05, 4.69) is 41.9 Å². The lowest BCUT2D eigenvalue weighted by Gasteiger charge is -2.19. The van der Waals surface area contributed by atoms with E-state index in [-0.39, 0.29) is 6.03 Å². The SMILES string of the molecule is CNC(=O)N(C)Nc1ccc(OCc2ccc(C)cc2)cc1. The van der Waals surface area contributed by atoms with Crippen molar-refractivity contribution in [3.05, 3.63) is 59.7 Å². The Kier molecular flexibility index (Phi) is 5.25. The Morgan fingerprint density at radius 1 is 1.09 bits per heavy atom. The largest absolute Gasteiger partial charge is 0.489 e. The van der Waals surface area contributed by atoms with Crippen molar-refractivity contribution >= 4 is 11.7 Å². The van der Waals surface area contributed by atoms with Gasteiger partial charge in [-0.1, -0.05) is 29.8 Å². The van der Waals surface area contributed by atoms with Crippen LogP contribution in [0.4, 0.5) is 10.5 Å². The first-order chi connectivity index (χ1) is 10.6. The summed E-state index contributed by atoms with van der Waals surface area (Å²) in [5.74, 6) is 0.786. The maximum atomic E-state index is 11.4. The number of nitrogens with one attached hydrogen (secondary N) is 2. The first kappa shape index (κ1) is 15.7. The minimum absolute atomic E-state index is 0.209. The molecule has 0 fully saturated rings. The Hall–Kier alpha value is -2.69. The predicted molar refractivity (Wildman–Crippen MR) is 87.8 cm³/mol. The van der Waals surface area contributed by atoms with Crippen LogP contribution in [0.2, 0.25) is 0 Å². The van der Waals surface area contributed by atoms with Gasteiger partial charge in [-0.05, 0) is 36.8 Å². The fourth-order valence-electron chi connectivity index (χ4n) is 1.89. The monoisotopic (exact) mass is 299 g/mol. The number of carbonyl (C=O) groups is 1. The summed E-state index contributed by atoms with van der Waals surface area (Å²) in [6.07, 6.45) is 0. The van der Waals surface area contributed by atoms with Crippen LogP contribution in [0.15, 0.2) is 48.5 Å². The highest BCUT2D eigenvalue weighted by molar-refractivity contribution is 5.75. The van der Waals surface area contributed by atoms with E-state index in [4.69, 9.17) is 4.74 Å². The molecular formula is C17H21N3O2. The van der Waals surface area contributed by atoms with E-state index < -0.39 is 0 Å². The van der Waals surface area contributed by atoms with Crippen LogP contribution < -0.4 is 15.5 Å². The van der Waals surface area contributed by atoms with Crippen LogP contribution in [0.25, 0.3) is 0 Å². The van der Waals surface area contributed by atoms with E-state index in [0.717, 1.165) is 17.0 Å². The number of hydrogen-bond acceptors (Lipinski definition) is 3. The van der Waals surface area contributed by atoms with Crippen molar-refractivity contribution < 1.29 is 9.53 Å². The highest BCUT2D eigenvalue weighted by atomic mass is 16.5. The summed E-state index contributed by atoms with van der Waals surface area (Å²) in [5.41, 5.74) is 6.15. The zero-order valence-electron chi connectivity index (χ0n) is 13.1. The molecule has 0 aliphatic carbocycles. The third-order valence-corrected chi connectivity index (χ3v) is 3.20. The number of hydrazine groups is 1. The molecule has 0 aromatic heterocycles. The van der Waals surface area contributed by atoms with Crippen LogP contribution >= 0.6 is 0 Å². The molecule has 0 saturated heterocycles. The molecule has 2 amide bonds. The Balaban J connectivity index is 1.89. The van der Waals surface area contributed by atoms with Crippen molar-refractivity contribution in [1.29, 1.82) is 0 Å². The molecule has 0 radical (unpaired) electrons. The van der Waals surface area contributed by atoms with Crippen molar-refractivity contribution in [1.82, 2.24) is 10.3 Å². The number of hydrogen-bond donors (Lipinski definition) is 2. The Labute approximate surface area is 130 Å². The maximum absolute atomic E-state index is 11.4. The molecule has 0 aliphatic rings. The lowest BCUT2D eigenvalue weighted by molar-refractivity contribution is 0.219. The molecule has 2 N–H and O–H groups in total. The summed E-state index contributed by atoms with van der Waals surface area (Å²) >= 11 is 0. The van der Waals surface area contributed by atoms with Gasteiger partial charge < -0.3 is 10.1 Å². The lowest BCUT2D eigenvalue weighted by atomic mass is 10.2. The first-order valence-electron chi connectivity index (χ1n) is 7.09. The molecule has 0 bridgehead atoms. The summed E-state index contributed by atoms with van der Waals surface area (Å²) in [4.78, 5) is 11.4. The second kappa shape index (κ2) is 7.36. The number of anilines is 1. The topological polar surface area (TPSA) is 53.6 Å². The van der Waals surface area contributed by atoms with Gasteiger partial charge in [0, 0.05) is 14.1 Å². The fraction of sp³-hybridized carbons (Fsp3) is 0.235. The normalized spacial score (nSPS) is 9.95. The van der Waals surface area contributed by atoms with Crippen molar-refractivity contribution in [2.24, 2.45) is 0 Å². The van der Waals surface area contributed by atoms with Gasteiger partial charge in [0.1, 0.15) is 12.4 Å². The number of benzene rings is 2. The number of nitrogens with zero attached hydrogens (tertiary/aromatic N) is 1. The van der Waals surface area contributed by atoms with Gasteiger partial charge in [0.2, 0.25) is 0 Å². The minimum atomic E-state index is -0.209. The fourth-order valence-corrected chi connectivity index (χ4v) is 1.89. The van der Waals surface area contributed by atoms with Crippen molar-refractivity contribution in [2.45, 2.75) is 13.5 Å². The van der Waals surface area contributed by atoms with Gasteiger partial charge in [0.15, 0.2) is 0 Å². The summed E-state index contributed by atoms with van der Waals surface area (Å²) in [6.45, 7) is 2.59. The van der Waals surface area contributed by atoms with Crippen molar-refractivity contribution in [3.8, 4) is 5.75 Å². The maximum Gasteiger partial charge on any atom is 0.335 e. The highest BCUT2D eigenvalue weighted by Gasteiger charge is 2.05. The number of rotatable bonds is 5. The van der Waals surface area contributed by atoms with E-state index in [1.807, 2.05) is 24.3 Å². The number of carbonyl (C=O) groups excluding carboxylic acids is 1. The molecule has 0 aliphatic heterocycles. The third-order valence-electron chi connectivity index (χ3n) is 3.20. The Morgan fingerprint density at radius 3 is 2.32 bits per heavy atom. The molecule has 22 heavy (non-hydrogen) atoms. The van der Waals surface area contributed by atoms with Crippen molar-refractivity contribution in [2.75, 3.05) is 19.5 Å². The molecular weight excluding hydrogens is 278 g/mol. The van der Waals surface area contributed by atoms with Crippen molar-refractivity contribution in [3.63, 3.8) is 0 Å². The van der Waals surface area contributed by atoms with Crippen LogP contribution in [0.3, 0.4) is 0 Å². The molecule has 116 valence electrons. The molecule has 0 saturated carbocycles. The smallest absolute Gasteiger partial charge is 0.335 e. The number of urea groups is 1. The average Bonchev–Trinajstić information content (AvgIpc) is 2.55. The minimum Gasteiger partial charge on any atom is -0.489 e. The summed E-state index contributed by atoms with van der Waals surface area (Å²) in [7, 11) is 3.24. The second-order valence-electron chi connectivity index (χ2n) is 5.02. The zero-order valence-corrected chi connectivity index (χ0v) is 13.1. The molecule has 5 heteroatoms. The Bertz CT molecular complexity index is 609. The van der Waals surface area contributed by atoms with Gasteiger partial charge in [0.25, 0.3) is 0 Å². The summed E-state index contributed by atoms with van der Waals surface area (Å²) in [5, 5.41) is 3.92. The zero-order chi connectivity index (χ0) is 15.9. The van der Waals surface area contributed by atoms with Gasteiger partial charge >= 0.3 is 6.03 Å². The average molecular weight is 299 g/mol. The van der Waals surface area contributed by atoms with Gasteiger partial charge in [-0.2, -0.15) is 0 Å². The molecule has 0 unspecified atom stereocenters. The summed E-state index contributed by atoms with van der Waals surface area (Å²) in [6, 6.07) is 15.5. The van der Waals surface area contributed by atoms with E-state index in [1.165, 1.54) is 10.6 Å². The Morgan fingerprint density at radius 2 is 1.73 bits per heavy atom. The molecule has 2 aromatic carbocycles. The number of aryl methyl sites for hydroxylation is 1. The van der Waals surface area contributed by atoms with Gasteiger partial charge in [0.05, 0.1) is 5.69 Å². The van der Waals surface area contributed by atoms with Crippen LogP contribution in [-0.4, -0.2) is 25.1 Å². The molecule has 0 atom stereocenters. The number of ether oxygens (including phenoxy) is 1. The lowest BCUT2D eigenvalue weighted by Crippen LogP contribution is -2.38. The molecule has 2 rings (SSSR count). The highest BCUT2D eigenvalue weighted by Crippen LogP contribution is 2.17. The quantitative estimate of drug-likeness (QED) is 0.834.